The highest BCUT2D eigenvalue weighted by molar-refractivity contribution is 5.86. The van der Waals surface area contributed by atoms with E-state index < -0.39 is 0 Å². The van der Waals surface area contributed by atoms with Gasteiger partial charge in [-0.3, -0.25) is 0 Å². The van der Waals surface area contributed by atoms with Crippen molar-refractivity contribution in [2.45, 2.75) is 401 Å². The van der Waals surface area contributed by atoms with Crippen LogP contribution in [0.15, 0.2) is 36.4 Å². The van der Waals surface area contributed by atoms with Crippen LogP contribution in [0.1, 0.15) is 399 Å². The summed E-state index contributed by atoms with van der Waals surface area (Å²) in [7, 11) is 0. The molecule has 0 atom stereocenters. The number of hydrogen-bond acceptors (Lipinski definition) is 0. The predicted octanol–water partition coefficient (Wildman–Crippen LogP) is 26.9. The molecule has 0 bridgehead atoms. The molecule has 77 heavy (non-hydrogen) atoms. The van der Waals surface area contributed by atoms with Crippen LogP contribution in [0.25, 0.3) is 10.8 Å². The van der Waals surface area contributed by atoms with E-state index in [4.69, 9.17) is 0 Å². The monoisotopic (exact) mass is 1070 g/mol. The lowest BCUT2D eigenvalue weighted by Crippen LogP contribution is -2.50. The van der Waals surface area contributed by atoms with Gasteiger partial charge < -0.3 is 4.48 Å². The van der Waals surface area contributed by atoms with Crippen LogP contribution in [-0.2, 0) is 12.8 Å². The van der Waals surface area contributed by atoms with Crippen LogP contribution < -0.4 is 0 Å². The first-order valence-electron chi connectivity index (χ1n) is 36.4. The third-order valence-electron chi connectivity index (χ3n) is 18.1. The third kappa shape index (κ3) is 46.9. The molecule has 0 spiro atoms. The van der Waals surface area contributed by atoms with E-state index in [9.17, 15) is 0 Å². The fourth-order valence-electron chi connectivity index (χ4n) is 12.8. The minimum Gasteiger partial charge on any atom is -0.324 e. The Hall–Kier alpha value is -1.34. The number of rotatable bonds is 60. The molecule has 0 radical (unpaired) electrons. The Balaban J connectivity index is 0.000000888. The highest BCUT2D eigenvalue weighted by Crippen LogP contribution is 2.26. The van der Waals surface area contributed by atoms with Crippen LogP contribution in [0.3, 0.4) is 0 Å². The van der Waals surface area contributed by atoms with Crippen LogP contribution in [0, 0.1) is 0 Å². The maximum absolute atomic E-state index is 2.52. The van der Waals surface area contributed by atoms with Crippen molar-refractivity contribution in [3.05, 3.63) is 47.5 Å². The first-order chi connectivity index (χ1) is 38.1. The molecule has 0 saturated heterocycles. The van der Waals surface area contributed by atoms with E-state index in [1.807, 2.05) is 0 Å². The van der Waals surface area contributed by atoms with E-state index in [1.54, 1.807) is 11.1 Å². The molecule has 0 aliphatic heterocycles. The van der Waals surface area contributed by atoms with Crippen LogP contribution in [0.5, 0.6) is 0 Å². The summed E-state index contributed by atoms with van der Waals surface area (Å²) in [4.78, 5) is 0. The Morgan fingerprint density at radius 1 is 0.234 bits per heavy atom. The van der Waals surface area contributed by atoms with Gasteiger partial charge in [0.2, 0.25) is 0 Å². The number of nitrogens with zero attached hydrogens (tertiary/aromatic N) is 1. The number of hydrogen-bond donors (Lipinski definition) is 0. The third-order valence-corrected chi connectivity index (χ3v) is 18.1. The fourth-order valence-corrected chi connectivity index (χ4v) is 12.8. The molecule has 0 aromatic heterocycles. The number of benzene rings is 2. The molecule has 0 N–H and O–H groups in total. The summed E-state index contributed by atoms with van der Waals surface area (Å²) >= 11 is 0. The average molecular weight is 1070 g/mol. The molecule has 452 valence electrons. The van der Waals surface area contributed by atoms with Gasteiger partial charge in [0, 0.05) is 0 Å². The minimum absolute atomic E-state index is 1.25. The van der Waals surface area contributed by atoms with Gasteiger partial charge >= 0.3 is 0 Å². The van der Waals surface area contributed by atoms with Gasteiger partial charge in [-0.2, -0.15) is 0 Å². The van der Waals surface area contributed by atoms with Crippen molar-refractivity contribution in [2.24, 2.45) is 0 Å². The van der Waals surface area contributed by atoms with E-state index in [1.165, 1.54) is 401 Å². The summed E-state index contributed by atoms with van der Waals surface area (Å²) in [5.74, 6) is 0. The Bertz CT molecular complexity index is 1320. The Morgan fingerprint density at radius 2 is 0.468 bits per heavy atom. The highest BCUT2D eigenvalue weighted by atomic mass is 15.3. The van der Waals surface area contributed by atoms with Crippen molar-refractivity contribution in [1.29, 1.82) is 0 Å². The Labute approximate surface area is 487 Å². The summed E-state index contributed by atoms with van der Waals surface area (Å²) in [5, 5.41) is 2.93. The average Bonchev–Trinajstić information content (AvgIpc) is 3.45. The Kier molecular flexibility index (Phi) is 56.7. The van der Waals surface area contributed by atoms with E-state index in [2.05, 4.69) is 77.9 Å². The number of unbranched alkanes of at least 4 members (excludes halogenated alkanes) is 48. The molecule has 1 heteroatoms. The molecule has 0 amide bonds. The summed E-state index contributed by atoms with van der Waals surface area (Å²) < 4.78 is 1.49. The summed E-state index contributed by atoms with van der Waals surface area (Å²) in [6, 6.07) is 14.0. The molecular weight excluding hydrogens is 927 g/mol. The van der Waals surface area contributed by atoms with Crippen molar-refractivity contribution >= 4 is 10.8 Å². The first kappa shape index (κ1) is 73.7. The van der Waals surface area contributed by atoms with E-state index >= 15 is 0 Å². The van der Waals surface area contributed by atoms with Crippen LogP contribution in [-0.4, -0.2) is 30.7 Å². The molecule has 2 aromatic carbocycles. The molecular formula is C76H144N+. The van der Waals surface area contributed by atoms with E-state index in [0.717, 1.165) is 0 Å². The molecule has 0 unspecified atom stereocenters. The molecule has 0 saturated carbocycles. The maximum Gasteiger partial charge on any atom is 0.0786 e. The van der Waals surface area contributed by atoms with Gasteiger partial charge in [-0.05, 0) is 98.9 Å². The maximum atomic E-state index is 2.52. The van der Waals surface area contributed by atoms with Gasteiger partial charge in [-0.25, -0.2) is 0 Å². The first-order valence-corrected chi connectivity index (χ1v) is 36.4. The SMILES string of the molecule is CCCCCCCCCCCC[N+](CCCCCCCCCCCC)(CCCCCCCCCCCC)CCCCCCCCCCCC.CCCCCCCCCc1cc(CCCCCCCCC)c2ccccc2c1. The second-order valence-corrected chi connectivity index (χ2v) is 25.7. The van der Waals surface area contributed by atoms with E-state index in [-0.39, 0.29) is 0 Å². The van der Waals surface area contributed by atoms with Crippen molar-refractivity contribution < 1.29 is 4.48 Å². The molecule has 0 heterocycles. The zero-order valence-corrected chi connectivity index (χ0v) is 54.3. The normalized spacial score (nSPS) is 11.8. The van der Waals surface area contributed by atoms with Crippen molar-refractivity contribution in [3.8, 4) is 0 Å². The molecule has 0 fully saturated rings. The lowest BCUT2D eigenvalue weighted by atomic mass is 9.94. The van der Waals surface area contributed by atoms with Gasteiger partial charge in [0.05, 0.1) is 26.2 Å². The number of aryl methyl sites for hydroxylation is 2. The summed E-state index contributed by atoms with van der Waals surface area (Å²) in [6.45, 7) is 19.9. The van der Waals surface area contributed by atoms with Gasteiger partial charge in [0.15, 0.2) is 0 Å². The van der Waals surface area contributed by atoms with Crippen LogP contribution in [0.4, 0.5) is 0 Å². The van der Waals surface area contributed by atoms with Gasteiger partial charge in [-0.1, -0.05) is 360 Å². The van der Waals surface area contributed by atoms with Crippen molar-refractivity contribution in [2.75, 3.05) is 26.2 Å². The molecule has 2 rings (SSSR count). The highest BCUT2D eigenvalue weighted by Gasteiger charge is 2.26. The topological polar surface area (TPSA) is 0 Å². The molecule has 0 aliphatic rings. The number of fused-ring (bicyclic) bond motifs is 1. The number of quaternary nitrogens is 1. The Morgan fingerprint density at radius 3 is 0.753 bits per heavy atom. The summed E-state index contributed by atoms with van der Waals surface area (Å²) in [5.41, 5.74) is 3.15. The summed E-state index contributed by atoms with van der Waals surface area (Å²) in [6.07, 6.45) is 80.7. The second kappa shape index (κ2) is 59.3. The standard InChI is InChI=1S/C48H100N.C28H44/c1-5-9-13-17-21-25-29-33-37-41-45-49(46-42-38-34-30-26-22-18-14-10-6-2,47-43-39-35-31-27-23-19-15-11-7-3)48-44-40-36-32-28-24-20-16-12-8-4;1-3-5-7-9-11-13-15-19-25-23-26(20-16-14-12-10-8-6-4-2)28-22-18-17-21-27(28)24-25/h5-48H2,1-4H3;17-18,21-24H,3-16,19-20H2,1-2H3/q+1;. The zero-order valence-electron chi connectivity index (χ0n) is 54.3. The van der Waals surface area contributed by atoms with Gasteiger partial charge in [0.25, 0.3) is 0 Å². The lowest BCUT2D eigenvalue weighted by molar-refractivity contribution is -0.929. The van der Waals surface area contributed by atoms with Gasteiger partial charge in [0.1, 0.15) is 0 Å². The lowest BCUT2D eigenvalue weighted by Gasteiger charge is -2.40. The van der Waals surface area contributed by atoms with E-state index in [0.29, 0.717) is 0 Å². The molecule has 0 aliphatic carbocycles. The van der Waals surface area contributed by atoms with Crippen LogP contribution in [0.2, 0.25) is 0 Å². The second-order valence-electron chi connectivity index (χ2n) is 25.7. The van der Waals surface area contributed by atoms with Crippen molar-refractivity contribution in [1.82, 2.24) is 0 Å². The van der Waals surface area contributed by atoms with Crippen LogP contribution >= 0.6 is 0 Å². The predicted molar refractivity (Wildman–Crippen MR) is 354 cm³/mol. The molecule has 1 nitrogen and oxygen atoms in total. The van der Waals surface area contributed by atoms with Crippen molar-refractivity contribution in [3.63, 3.8) is 0 Å². The fraction of sp³-hybridized carbons (Fsp3) is 0.868. The van der Waals surface area contributed by atoms with Gasteiger partial charge in [-0.15, -0.1) is 0 Å². The zero-order chi connectivity index (χ0) is 55.5. The molecule has 2 aromatic rings. The quantitative estimate of drug-likeness (QED) is 0.0457. The minimum atomic E-state index is 1.25. The largest absolute Gasteiger partial charge is 0.324 e. The smallest absolute Gasteiger partial charge is 0.0786 e.